The average molecular weight is 215 g/mol. The van der Waals surface area contributed by atoms with Crippen LogP contribution in [0, 0.1) is 11.3 Å². The van der Waals surface area contributed by atoms with Crippen LogP contribution in [-0.4, -0.2) is 0 Å². The van der Waals surface area contributed by atoms with Gasteiger partial charge in [-0.3, -0.25) is 0 Å². The summed E-state index contributed by atoms with van der Waals surface area (Å²) in [7, 11) is 0. The van der Waals surface area contributed by atoms with Gasteiger partial charge in [0.15, 0.2) is 0 Å². The van der Waals surface area contributed by atoms with E-state index in [2.05, 4.69) is 0 Å². The highest BCUT2D eigenvalue weighted by atomic mass is 35.5. The van der Waals surface area contributed by atoms with Gasteiger partial charge in [-0.15, -0.1) is 0 Å². The zero-order valence-electron chi connectivity index (χ0n) is 6.80. The lowest BCUT2D eigenvalue weighted by Crippen LogP contribution is -2.09. The molecular formula is C9H8Cl2N2. The van der Waals surface area contributed by atoms with Crippen molar-refractivity contribution in [3.63, 3.8) is 0 Å². The third kappa shape index (κ3) is 2.60. The lowest BCUT2D eigenvalue weighted by atomic mass is 10.1. The Morgan fingerprint density at radius 2 is 2.15 bits per heavy atom. The van der Waals surface area contributed by atoms with Crippen LogP contribution in [0.1, 0.15) is 18.0 Å². The molecule has 0 unspecified atom stereocenters. The summed E-state index contributed by atoms with van der Waals surface area (Å²) in [6.45, 7) is 0. The van der Waals surface area contributed by atoms with Crippen LogP contribution in [0.5, 0.6) is 0 Å². The van der Waals surface area contributed by atoms with Gasteiger partial charge in [0.2, 0.25) is 0 Å². The van der Waals surface area contributed by atoms with Gasteiger partial charge in [-0.25, -0.2) is 0 Å². The predicted octanol–water partition coefficient (Wildman–Crippen LogP) is 2.91. The molecule has 1 aromatic rings. The van der Waals surface area contributed by atoms with Crippen molar-refractivity contribution in [1.29, 1.82) is 5.26 Å². The van der Waals surface area contributed by atoms with Gasteiger partial charge in [0.25, 0.3) is 0 Å². The van der Waals surface area contributed by atoms with E-state index in [1.54, 1.807) is 18.2 Å². The molecule has 0 fully saturated rings. The Labute approximate surface area is 86.9 Å². The third-order valence-corrected chi connectivity index (χ3v) is 2.25. The van der Waals surface area contributed by atoms with E-state index in [1.165, 1.54) is 0 Å². The van der Waals surface area contributed by atoms with Crippen LogP contribution in [0.15, 0.2) is 18.2 Å². The molecule has 1 atom stereocenters. The van der Waals surface area contributed by atoms with Crippen molar-refractivity contribution in [2.45, 2.75) is 12.5 Å². The quantitative estimate of drug-likeness (QED) is 0.824. The van der Waals surface area contributed by atoms with Gasteiger partial charge >= 0.3 is 0 Å². The number of benzene rings is 1. The largest absolute Gasteiger partial charge is 0.323 e. The molecule has 0 aromatic heterocycles. The second-order valence-electron chi connectivity index (χ2n) is 2.63. The van der Waals surface area contributed by atoms with Crippen molar-refractivity contribution in [2.75, 3.05) is 0 Å². The number of hydrogen-bond donors (Lipinski definition) is 1. The molecule has 0 aliphatic carbocycles. The summed E-state index contributed by atoms with van der Waals surface area (Å²) < 4.78 is 0. The van der Waals surface area contributed by atoms with Crippen LogP contribution in [0.3, 0.4) is 0 Å². The number of nitrogens with two attached hydrogens (primary N) is 1. The van der Waals surface area contributed by atoms with E-state index in [-0.39, 0.29) is 12.5 Å². The second-order valence-corrected chi connectivity index (χ2v) is 3.48. The fraction of sp³-hybridized carbons (Fsp3) is 0.222. The van der Waals surface area contributed by atoms with Crippen LogP contribution in [0.4, 0.5) is 0 Å². The monoisotopic (exact) mass is 214 g/mol. The SMILES string of the molecule is N#CC[C@H](N)c1cc(Cl)ccc1Cl. The molecule has 0 amide bonds. The molecule has 0 bridgehead atoms. The molecule has 68 valence electrons. The Kier molecular flexibility index (Phi) is 3.56. The molecule has 0 aliphatic rings. The lowest BCUT2D eigenvalue weighted by Gasteiger charge is -2.09. The van der Waals surface area contributed by atoms with E-state index >= 15 is 0 Å². The topological polar surface area (TPSA) is 49.8 Å². The highest BCUT2D eigenvalue weighted by Gasteiger charge is 2.09. The zero-order valence-corrected chi connectivity index (χ0v) is 8.31. The minimum absolute atomic E-state index is 0.236. The van der Waals surface area contributed by atoms with E-state index in [0.29, 0.717) is 10.0 Å². The zero-order chi connectivity index (χ0) is 9.84. The summed E-state index contributed by atoms with van der Waals surface area (Å²) in [5.74, 6) is 0. The third-order valence-electron chi connectivity index (χ3n) is 1.67. The van der Waals surface area contributed by atoms with Gasteiger partial charge in [-0.2, -0.15) is 5.26 Å². The van der Waals surface area contributed by atoms with Crippen LogP contribution < -0.4 is 5.73 Å². The van der Waals surface area contributed by atoms with Gasteiger partial charge in [-0.1, -0.05) is 23.2 Å². The normalized spacial score (nSPS) is 12.2. The van der Waals surface area contributed by atoms with Gasteiger partial charge in [0.1, 0.15) is 0 Å². The molecule has 13 heavy (non-hydrogen) atoms. The first-order valence-corrected chi connectivity index (χ1v) is 4.48. The fourth-order valence-electron chi connectivity index (χ4n) is 1.01. The number of rotatable bonds is 2. The maximum Gasteiger partial charge on any atom is 0.0641 e. The van der Waals surface area contributed by atoms with E-state index in [4.69, 9.17) is 34.2 Å². The minimum atomic E-state index is -0.365. The van der Waals surface area contributed by atoms with Crippen molar-refractivity contribution >= 4 is 23.2 Å². The maximum atomic E-state index is 8.45. The van der Waals surface area contributed by atoms with Gasteiger partial charge in [-0.05, 0) is 23.8 Å². The molecule has 1 aromatic carbocycles. The summed E-state index contributed by atoms with van der Waals surface area (Å²) in [5, 5.41) is 9.58. The Morgan fingerprint density at radius 3 is 2.77 bits per heavy atom. The van der Waals surface area contributed by atoms with E-state index in [9.17, 15) is 0 Å². The molecule has 0 heterocycles. The summed E-state index contributed by atoms with van der Waals surface area (Å²) in [6, 6.07) is 6.67. The van der Waals surface area contributed by atoms with Crippen molar-refractivity contribution in [3.8, 4) is 6.07 Å². The van der Waals surface area contributed by atoms with Crippen LogP contribution in [0.25, 0.3) is 0 Å². The standard InChI is InChI=1S/C9H8Cl2N2/c10-6-1-2-8(11)7(5-6)9(13)3-4-12/h1-2,5,9H,3,13H2/t9-/m0/s1. The van der Waals surface area contributed by atoms with E-state index in [0.717, 1.165) is 5.56 Å². The fourth-order valence-corrected chi connectivity index (χ4v) is 1.45. The first-order chi connectivity index (χ1) is 6.15. The molecule has 1 rings (SSSR count). The maximum absolute atomic E-state index is 8.45. The van der Waals surface area contributed by atoms with Crippen molar-refractivity contribution in [1.82, 2.24) is 0 Å². The first kappa shape index (κ1) is 10.3. The molecule has 0 radical (unpaired) electrons. The van der Waals surface area contributed by atoms with Crippen LogP contribution in [-0.2, 0) is 0 Å². The summed E-state index contributed by atoms with van der Waals surface area (Å²) in [5.41, 5.74) is 6.43. The van der Waals surface area contributed by atoms with Crippen molar-refractivity contribution in [2.24, 2.45) is 5.73 Å². The summed E-state index contributed by atoms with van der Waals surface area (Å²) >= 11 is 11.6. The molecule has 2 N–H and O–H groups in total. The Morgan fingerprint density at radius 1 is 1.46 bits per heavy atom. The highest BCUT2D eigenvalue weighted by molar-refractivity contribution is 6.33. The predicted molar refractivity (Wildman–Crippen MR) is 53.6 cm³/mol. The molecule has 0 aliphatic heterocycles. The lowest BCUT2D eigenvalue weighted by molar-refractivity contribution is 0.749. The molecule has 0 saturated heterocycles. The van der Waals surface area contributed by atoms with Crippen molar-refractivity contribution < 1.29 is 0 Å². The Hall–Kier alpha value is -0.750. The summed E-state index contributed by atoms with van der Waals surface area (Å²) in [4.78, 5) is 0. The molecular weight excluding hydrogens is 207 g/mol. The van der Waals surface area contributed by atoms with Crippen LogP contribution in [0.2, 0.25) is 10.0 Å². The summed E-state index contributed by atoms with van der Waals surface area (Å²) in [6.07, 6.45) is 0.236. The Balaban J connectivity index is 3.00. The Bertz CT molecular complexity index is 344. The molecule has 4 heteroatoms. The molecule has 0 saturated carbocycles. The van der Waals surface area contributed by atoms with Crippen molar-refractivity contribution in [3.05, 3.63) is 33.8 Å². The number of nitrogens with zero attached hydrogens (tertiary/aromatic N) is 1. The number of halogens is 2. The smallest absolute Gasteiger partial charge is 0.0641 e. The average Bonchev–Trinajstić information content (AvgIpc) is 2.09. The first-order valence-electron chi connectivity index (χ1n) is 3.72. The molecule has 0 spiro atoms. The highest BCUT2D eigenvalue weighted by Crippen LogP contribution is 2.26. The van der Waals surface area contributed by atoms with Gasteiger partial charge < -0.3 is 5.73 Å². The van der Waals surface area contributed by atoms with E-state index in [1.807, 2.05) is 6.07 Å². The number of hydrogen-bond acceptors (Lipinski definition) is 2. The van der Waals surface area contributed by atoms with E-state index < -0.39 is 0 Å². The number of nitriles is 1. The second kappa shape index (κ2) is 4.48. The molecule has 2 nitrogen and oxygen atoms in total. The van der Waals surface area contributed by atoms with Gasteiger partial charge in [0.05, 0.1) is 12.5 Å². The van der Waals surface area contributed by atoms with Crippen LogP contribution >= 0.6 is 23.2 Å². The minimum Gasteiger partial charge on any atom is -0.323 e. The van der Waals surface area contributed by atoms with Gasteiger partial charge in [0, 0.05) is 16.1 Å².